The monoisotopic (exact) mass is 336 g/mol. The first kappa shape index (κ1) is 17.3. The Morgan fingerprint density at radius 2 is 1.87 bits per heavy atom. The number of aryl methyl sites for hydroxylation is 1. The van der Waals surface area contributed by atoms with Gasteiger partial charge in [0.05, 0.1) is 12.2 Å². The summed E-state index contributed by atoms with van der Waals surface area (Å²) in [6, 6.07) is 8.82. The molecule has 0 bridgehead atoms. The molecule has 0 aliphatic carbocycles. The maximum Gasteiger partial charge on any atom is 0.256 e. The van der Waals surface area contributed by atoms with Gasteiger partial charge in [-0.25, -0.2) is 0 Å². The van der Waals surface area contributed by atoms with Crippen LogP contribution in [-0.4, -0.2) is 17.1 Å². The molecule has 0 atom stereocenters. The van der Waals surface area contributed by atoms with E-state index in [4.69, 9.17) is 4.74 Å². The average Bonchev–Trinajstić information content (AvgIpc) is 2.74. The van der Waals surface area contributed by atoms with Gasteiger partial charge in [0, 0.05) is 24.8 Å². The molecule has 23 heavy (non-hydrogen) atoms. The van der Waals surface area contributed by atoms with Gasteiger partial charge in [0.15, 0.2) is 0 Å². The Kier molecular flexibility index (Phi) is 4.94. The van der Waals surface area contributed by atoms with Gasteiger partial charge in [0.1, 0.15) is 5.75 Å². The first-order valence-corrected chi connectivity index (χ1v) is 8.54. The number of hydrogen-bond acceptors (Lipinski definition) is 5. The minimum absolute atomic E-state index is 0.142. The van der Waals surface area contributed by atoms with Gasteiger partial charge in [-0.2, -0.15) is 0 Å². The van der Waals surface area contributed by atoms with E-state index in [9.17, 15) is 19.1 Å². The fraction of sp³-hybridized carbons (Fsp3) is 0.267. The van der Waals surface area contributed by atoms with Gasteiger partial charge in [0.25, 0.3) is 5.91 Å². The van der Waals surface area contributed by atoms with Gasteiger partial charge in [0.2, 0.25) is 0 Å². The lowest BCUT2D eigenvalue weighted by atomic mass is 10.2. The lowest BCUT2D eigenvalue weighted by molar-refractivity contribution is -0.316. The van der Waals surface area contributed by atoms with E-state index in [-0.39, 0.29) is 5.56 Å². The third-order valence-corrected chi connectivity index (χ3v) is 3.80. The molecule has 2 rings (SSSR count). The number of ether oxygens (including phenoxy) is 1. The first-order valence-electron chi connectivity index (χ1n) is 6.99. The van der Waals surface area contributed by atoms with Gasteiger partial charge in [-0.1, -0.05) is 0 Å². The minimum Gasteiger partial charge on any atom is -0.795 e. The van der Waals surface area contributed by atoms with Gasteiger partial charge in [-0.15, -0.1) is 0 Å². The number of amides is 1. The Hall–Kier alpha value is -2.08. The fourth-order valence-electron chi connectivity index (χ4n) is 2.43. The highest BCUT2D eigenvalue weighted by Crippen LogP contribution is 2.25. The summed E-state index contributed by atoms with van der Waals surface area (Å²) in [6.45, 7) is 5.92. The minimum atomic E-state index is -5.12. The number of benzene rings is 1. The molecule has 124 valence electrons. The van der Waals surface area contributed by atoms with Crippen LogP contribution in [0.1, 0.15) is 28.7 Å². The highest BCUT2D eigenvalue weighted by atomic mass is 31.2. The molecule has 0 spiro atoms. The molecule has 1 N–H and O–H groups in total. The van der Waals surface area contributed by atoms with Crippen molar-refractivity contribution in [3.8, 4) is 11.4 Å². The molecule has 0 aliphatic heterocycles. The van der Waals surface area contributed by atoms with Crippen LogP contribution in [0.2, 0.25) is 0 Å². The molecule has 0 radical (unpaired) electrons. The summed E-state index contributed by atoms with van der Waals surface area (Å²) >= 11 is 0. The Balaban J connectivity index is 2.37. The van der Waals surface area contributed by atoms with E-state index in [2.05, 4.69) is 0 Å². The number of aromatic nitrogens is 1. The third-order valence-electron chi connectivity index (χ3n) is 3.32. The first-order chi connectivity index (χ1) is 10.7. The molecule has 0 saturated carbocycles. The molecule has 2 aromatic rings. The topological polar surface area (TPSA) is 106 Å². The van der Waals surface area contributed by atoms with E-state index in [1.54, 1.807) is 30.5 Å². The smallest absolute Gasteiger partial charge is 0.256 e. The largest absolute Gasteiger partial charge is 0.795 e. The number of rotatable bonds is 5. The average molecular weight is 336 g/mol. The molecule has 1 heterocycles. The second kappa shape index (κ2) is 6.58. The normalized spacial score (nSPS) is 11.3. The zero-order chi connectivity index (χ0) is 17.2. The number of hydrogen-bond donors (Lipinski definition) is 1. The number of nitrogens with one attached hydrogen (secondary N) is 1. The summed E-state index contributed by atoms with van der Waals surface area (Å²) in [7, 11) is -5.12. The van der Waals surface area contributed by atoms with Gasteiger partial charge in [-0.05, 0) is 51.1 Å². The SMILES string of the molecule is CCOc1ccc(-n2c(C)cc(C(=O)NP(=O)([O-])[O-])c2C)cc1. The summed E-state index contributed by atoms with van der Waals surface area (Å²) in [4.78, 5) is 33.3. The Morgan fingerprint density at radius 1 is 1.26 bits per heavy atom. The molecular weight excluding hydrogens is 319 g/mol. The fourth-order valence-corrected chi connectivity index (χ4v) is 2.80. The van der Waals surface area contributed by atoms with E-state index >= 15 is 0 Å². The predicted octanol–water partition coefficient (Wildman–Crippen LogP) is 1.05. The van der Waals surface area contributed by atoms with Crippen molar-refractivity contribution in [2.75, 3.05) is 6.61 Å². The molecular formula is C15H17N2O5P-2. The second-order valence-corrected chi connectivity index (χ2v) is 6.20. The zero-order valence-corrected chi connectivity index (χ0v) is 13.9. The highest BCUT2D eigenvalue weighted by Gasteiger charge is 2.17. The number of carbonyl (C=O) groups excluding carboxylic acids is 1. The Morgan fingerprint density at radius 3 is 2.39 bits per heavy atom. The second-order valence-electron chi connectivity index (χ2n) is 4.99. The molecule has 1 amide bonds. The van der Waals surface area contributed by atoms with Crippen molar-refractivity contribution in [1.29, 1.82) is 0 Å². The van der Waals surface area contributed by atoms with Crippen LogP contribution < -0.4 is 19.6 Å². The van der Waals surface area contributed by atoms with Crippen LogP contribution in [0.25, 0.3) is 5.69 Å². The summed E-state index contributed by atoms with van der Waals surface area (Å²) in [5.74, 6) is -0.195. The molecule has 0 fully saturated rings. The maximum atomic E-state index is 11.9. The summed E-state index contributed by atoms with van der Waals surface area (Å²) in [5, 5.41) is 1.47. The molecule has 1 aromatic carbocycles. The Bertz CT molecular complexity index is 761. The van der Waals surface area contributed by atoms with Crippen LogP contribution in [0.5, 0.6) is 5.75 Å². The van der Waals surface area contributed by atoms with Crippen LogP contribution in [0, 0.1) is 13.8 Å². The molecule has 1 aromatic heterocycles. The van der Waals surface area contributed by atoms with Crippen molar-refractivity contribution in [2.24, 2.45) is 0 Å². The predicted molar refractivity (Wildman–Crippen MR) is 81.5 cm³/mol. The number of nitrogens with zero attached hydrogens (tertiary/aromatic N) is 1. The van der Waals surface area contributed by atoms with E-state index < -0.39 is 13.7 Å². The Labute approximate surface area is 134 Å². The van der Waals surface area contributed by atoms with Crippen molar-refractivity contribution in [1.82, 2.24) is 9.65 Å². The molecule has 8 heteroatoms. The summed E-state index contributed by atoms with van der Waals surface area (Å²) < 4.78 is 17.9. The van der Waals surface area contributed by atoms with Gasteiger partial charge in [-0.3, -0.25) is 4.79 Å². The van der Waals surface area contributed by atoms with Gasteiger partial charge < -0.3 is 28.7 Å². The van der Waals surface area contributed by atoms with E-state index in [1.807, 2.05) is 19.1 Å². The van der Waals surface area contributed by atoms with E-state index in [0.717, 1.165) is 17.1 Å². The lowest BCUT2D eigenvalue weighted by Gasteiger charge is -2.29. The highest BCUT2D eigenvalue weighted by molar-refractivity contribution is 7.47. The van der Waals surface area contributed by atoms with Crippen LogP contribution in [0.4, 0.5) is 0 Å². The van der Waals surface area contributed by atoms with E-state index in [1.165, 1.54) is 11.2 Å². The third kappa shape index (κ3) is 4.01. The summed E-state index contributed by atoms with van der Waals surface area (Å²) in [6.07, 6.45) is 0. The summed E-state index contributed by atoms with van der Waals surface area (Å²) in [5.41, 5.74) is 2.22. The maximum absolute atomic E-state index is 11.9. The standard InChI is InChI=1S/C15H19N2O5P/c1-4-22-13-7-5-12(6-8-13)17-10(2)9-14(11(17)3)15(18)16-23(19,20)21/h5-9H,4H2,1-3H3,(H3,16,18,19,20,21)/p-2. The van der Waals surface area contributed by atoms with Crippen LogP contribution in [0.15, 0.2) is 30.3 Å². The quantitative estimate of drug-likeness (QED) is 0.822. The zero-order valence-electron chi connectivity index (χ0n) is 13.0. The van der Waals surface area contributed by atoms with Crippen molar-refractivity contribution in [3.05, 3.63) is 47.3 Å². The van der Waals surface area contributed by atoms with Crippen molar-refractivity contribution >= 4 is 13.7 Å². The molecule has 0 unspecified atom stereocenters. The lowest BCUT2D eigenvalue weighted by Crippen LogP contribution is -2.32. The van der Waals surface area contributed by atoms with Crippen LogP contribution in [-0.2, 0) is 4.57 Å². The molecule has 0 aliphatic rings. The van der Waals surface area contributed by atoms with Crippen LogP contribution in [0.3, 0.4) is 0 Å². The van der Waals surface area contributed by atoms with E-state index in [0.29, 0.717) is 12.3 Å². The van der Waals surface area contributed by atoms with Crippen molar-refractivity contribution < 1.29 is 23.9 Å². The van der Waals surface area contributed by atoms with Crippen molar-refractivity contribution in [3.63, 3.8) is 0 Å². The molecule has 7 nitrogen and oxygen atoms in total. The van der Waals surface area contributed by atoms with Crippen molar-refractivity contribution in [2.45, 2.75) is 20.8 Å². The molecule has 0 saturated heterocycles. The van der Waals surface area contributed by atoms with Crippen LogP contribution >= 0.6 is 7.75 Å². The van der Waals surface area contributed by atoms with Gasteiger partial charge >= 0.3 is 0 Å². The number of carbonyl (C=O) groups is 1.